The third kappa shape index (κ3) is 4.13. The number of hydrogen-bond acceptors (Lipinski definition) is 4. The van der Waals surface area contributed by atoms with Crippen LogP contribution >= 0.6 is 0 Å². The van der Waals surface area contributed by atoms with Crippen LogP contribution in [0.2, 0.25) is 0 Å². The lowest BCUT2D eigenvalue weighted by atomic mass is 9.98. The minimum atomic E-state index is -0.505. The molecule has 1 aliphatic heterocycles. The maximum atomic E-state index is 12.4. The molecule has 3 rings (SSSR count). The molecule has 27 heavy (non-hydrogen) atoms. The molecule has 1 N–H and O–H groups in total. The van der Waals surface area contributed by atoms with E-state index >= 15 is 0 Å². The van der Waals surface area contributed by atoms with E-state index in [9.17, 15) is 19.7 Å². The van der Waals surface area contributed by atoms with Gasteiger partial charge in [-0.25, -0.2) is 0 Å². The zero-order valence-corrected chi connectivity index (χ0v) is 15.3. The Balaban J connectivity index is 1.73. The fraction of sp³-hybridized carbons (Fsp3) is 0.300. The highest BCUT2D eigenvalue weighted by Gasteiger charge is 2.23. The quantitative estimate of drug-likeness (QED) is 0.662. The molecule has 2 amide bonds. The lowest BCUT2D eigenvalue weighted by molar-refractivity contribution is -0.384. The van der Waals surface area contributed by atoms with Crippen LogP contribution in [0.15, 0.2) is 42.5 Å². The molecule has 0 aromatic heterocycles. The smallest absolute Gasteiger partial charge is 0.269 e. The van der Waals surface area contributed by atoms with Crippen molar-refractivity contribution in [3.8, 4) is 0 Å². The normalized spacial score (nSPS) is 13.2. The molecule has 1 aliphatic rings. The van der Waals surface area contributed by atoms with E-state index in [-0.39, 0.29) is 23.4 Å². The Kier molecular flexibility index (Phi) is 5.21. The van der Waals surface area contributed by atoms with Gasteiger partial charge in [-0.15, -0.1) is 0 Å². The Morgan fingerprint density at radius 2 is 1.81 bits per heavy atom. The van der Waals surface area contributed by atoms with E-state index in [2.05, 4.69) is 5.32 Å². The summed E-state index contributed by atoms with van der Waals surface area (Å²) in [5.41, 5.74) is 3.12. The van der Waals surface area contributed by atoms with Crippen molar-refractivity contribution in [1.29, 1.82) is 0 Å². The van der Waals surface area contributed by atoms with Crippen LogP contribution in [0.25, 0.3) is 0 Å². The molecule has 0 bridgehead atoms. The Bertz CT molecular complexity index is 891. The molecular weight excluding hydrogens is 346 g/mol. The number of nitrogens with zero attached hydrogens (tertiary/aromatic N) is 2. The molecular formula is C20H21N3O4. The van der Waals surface area contributed by atoms with Gasteiger partial charge in [0, 0.05) is 42.4 Å². The van der Waals surface area contributed by atoms with Crippen molar-refractivity contribution in [2.24, 2.45) is 5.92 Å². The zero-order valence-electron chi connectivity index (χ0n) is 15.3. The first-order chi connectivity index (χ1) is 12.8. The molecule has 140 valence electrons. The van der Waals surface area contributed by atoms with E-state index < -0.39 is 4.92 Å². The van der Waals surface area contributed by atoms with Crippen molar-refractivity contribution in [3.05, 3.63) is 69.3 Å². The van der Waals surface area contributed by atoms with E-state index in [1.165, 1.54) is 29.8 Å². The van der Waals surface area contributed by atoms with Gasteiger partial charge < -0.3 is 10.2 Å². The predicted molar refractivity (Wildman–Crippen MR) is 101 cm³/mol. The number of non-ortho nitro benzene ring substituents is 1. The SMILES string of the molecule is CC(C)C(=O)N1CCc2ccc(NC(=O)c3ccc([N+](=O)[O-])cc3)cc2C1. The van der Waals surface area contributed by atoms with Crippen molar-refractivity contribution < 1.29 is 14.5 Å². The number of nitro groups is 1. The summed E-state index contributed by atoms with van der Waals surface area (Å²) in [7, 11) is 0. The summed E-state index contributed by atoms with van der Waals surface area (Å²) in [6.45, 7) is 5.02. The number of fused-ring (bicyclic) bond motifs is 1. The van der Waals surface area contributed by atoms with Crippen LogP contribution in [0.3, 0.4) is 0 Å². The molecule has 0 aliphatic carbocycles. The van der Waals surface area contributed by atoms with Crippen molar-refractivity contribution in [3.63, 3.8) is 0 Å². The van der Waals surface area contributed by atoms with Gasteiger partial charge in [0.1, 0.15) is 0 Å². The van der Waals surface area contributed by atoms with Crippen LogP contribution < -0.4 is 5.32 Å². The molecule has 0 unspecified atom stereocenters. The summed E-state index contributed by atoms with van der Waals surface area (Å²) in [4.78, 5) is 36.7. The predicted octanol–water partition coefficient (Wildman–Crippen LogP) is 3.39. The summed E-state index contributed by atoms with van der Waals surface area (Å²) in [6.07, 6.45) is 0.796. The van der Waals surface area contributed by atoms with Gasteiger partial charge in [-0.05, 0) is 41.8 Å². The number of benzene rings is 2. The summed E-state index contributed by atoms with van der Waals surface area (Å²) in [5.74, 6) is -0.256. The number of carbonyl (C=O) groups is 2. The van der Waals surface area contributed by atoms with Gasteiger partial charge in [-0.1, -0.05) is 19.9 Å². The van der Waals surface area contributed by atoms with E-state index in [4.69, 9.17) is 0 Å². The number of nitro benzene ring substituents is 1. The van der Waals surface area contributed by atoms with Gasteiger partial charge in [-0.2, -0.15) is 0 Å². The van der Waals surface area contributed by atoms with Crippen LogP contribution in [0.1, 0.15) is 35.3 Å². The molecule has 0 saturated heterocycles. The minimum Gasteiger partial charge on any atom is -0.338 e. The van der Waals surface area contributed by atoms with E-state index in [1.54, 1.807) is 0 Å². The molecule has 1 heterocycles. The van der Waals surface area contributed by atoms with Gasteiger partial charge >= 0.3 is 0 Å². The number of nitrogens with one attached hydrogen (secondary N) is 1. The maximum Gasteiger partial charge on any atom is 0.269 e. The highest BCUT2D eigenvalue weighted by atomic mass is 16.6. The van der Waals surface area contributed by atoms with Crippen molar-refractivity contribution in [2.75, 3.05) is 11.9 Å². The first-order valence-electron chi connectivity index (χ1n) is 8.81. The largest absolute Gasteiger partial charge is 0.338 e. The van der Waals surface area contributed by atoms with Gasteiger partial charge in [0.15, 0.2) is 0 Å². The third-order valence-corrected chi connectivity index (χ3v) is 4.62. The first kappa shape index (κ1) is 18.6. The summed E-state index contributed by atoms with van der Waals surface area (Å²) in [5, 5.41) is 13.5. The van der Waals surface area contributed by atoms with E-state index in [0.717, 1.165) is 12.0 Å². The molecule has 0 atom stereocenters. The highest BCUT2D eigenvalue weighted by Crippen LogP contribution is 2.24. The molecule has 7 heteroatoms. The molecule has 2 aromatic carbocycles. The second-order valence-corrected chi connectivity index (χ2v) is 6.91. The van der Waals surface area contributed by atoms with Crippen LogP contribution in [0.4, 0.5) is 11.4 Å². The van der Waals surface area contributed by atoms with Gasteiger partial charge in [0.25, 0.3) is 11.6 Å². The molecule has 0 radical (unpaired) electrons. The van der Waals surface area contributed by atoms with Crippen LogP contribution in [0, 0.1) is 16.0 Å². The molecule has 0 saturated carbocycles. The average Bonchev–Trinajstić information content (AvgIpc) is 2.66. The number of amides is 2. The molecule has 7 nitrogen and oxygen atoms in total. The Hall–Kier alpha value is -3.22. The lowest BCUT2D eigenvalue weighted by Gasteiger charge is -2.30. The second kappa shape index (κ2) is 7.57. The number of hydrogen-bond donors (Lipinski definition) is 1. The van der Waals surface area contributed by atoms with Crippen LogP contribution in [-0.2, 0) is 17.8 Å². The Morgan fingerprint density at radius 3 is 2.44 bits per heavy atom. The molecule has 0 fully saturated rings. The monoisotopic (exact) mass is 367 g/mol. The zero-order chi connectivity index (χ0) is 19.6. The lowest BCUT2D eigenvalue weighted by Crippen LogP contribution is -2.38. The van der Waals surface area contributed by atoms with Crippen LogP contribution in [0.5, 0.6) is 0 Å². The van der Waals surface area contributed by atoms with Crippen molar-refractivity contribution in [1.82, 2.24) is 4.90 Å². The number of anilines is 1. The third-order valence-electron chi connectivity index (χ3n) is 4.62. The van der Waals surface area contributed by atoms with E-state index in [0.29, 0.717) is 24.3 Å². The summed E-state index contributed by atoms with van der Waals surface area (Å²) in [6, 6.07) is 11.1. The summed E-state index contributed by atoms with van der Waals surface area (Å²) >= 11 is 0. The van der Waals surface area contributed by atoms with Crippen LogP contribution in [-0.4, -0.2) is 28.2 Å². The topological polar surface area (TPSA) is 92.6 Å². The second-order valence-electron chi connectivity index (χ2n) is 6.91. The van der Waals surface area contributed by atoms with Gasteiger partial charge in [-0.3, -0.25) is 19.7 Å². The Labute approximate surface area is 157 Å². The molecule has 0 spiro atoms. The fourth-order valence-electron chi connectivity index (χ4n) is 3.13. The van der Waals surface area contributed by atoms with Crippen molar-refractivity contribution >= 4 is 23.2 Å². The first-order valence-corrected chi connectivity index (χ1v) is 8.81. The van der Waals surface area contributed by atoms with Crippen molar-refractivity contribution in [2.45, 2.75) is 26.8 Å². The maximum absolute atomic E-state index is 12.4. The van der Waals surface area contributed by atoms with E-state index in [1.807, 2.05) is 36.9 Å². The number of carbonyl (C=O) groups excluding carboxylic acids is 2. The number of rotatable bonds is 4. The van der Waals surface area contributed by atoms with Gasteiger partial charge in [0.05, 0.1) is 4.92 Å². The molecule has 2 aromatic rings. The average molecular weight is 367 g/mol. The Morgan fingerprint density at radius 1 is 1.11 bits per heavy atom. The standard InChI is InChI=1S/C20H21N3O4/c1-13(2)20(25)22-10-9-14-3-6-17(11-16(14)12-22)21-19(24)15-4-7-18(8-5-15)23(26)27/h3-8,11,13H,9-10,12H2,1-2H3,(H,21,24). The minimum absolute atomic E-state index is 0.0448. The van der Waals surface area contributed by atoms with Gasteiger partial charge in [0.2, 0.25) is 5.91 Å². The fourth-order valence-corrected chi connectivity index (χ4v) is 3.13. The highest BCUT2D eigenvalue weighted by molar-refractivity contribution is 6.04. The summed E-state index contributed by atoms with van der Waals surface area (Å²) < 4.78 is 0.